The number of hydrogen-bond donors (Lipinski definition) is 1. The van der Waals surface area contributed by atoms with Gasteiger partial charge in [-0.1, -0.05) is 24.2 Å². The van der Waals surface area contributed by atoms with Crippen molar-refractivity contribution in [1.82, 2.24) is 19.8 Å². The Kier molecular flexibility index (Phi) is 2.81. The van der Waals surface area contributed by atoms with Gasteiger partial charge in [0.25, 0.3) is 0 Å². The van der Waals surface area contributed by atoms with Crippen molar-refractivity contribution in [2.45, 2.75) is 62.8 Å². The maximum Gasteiger partial charge on any atom is 0.234 e. The third kappa shape index (κ3) is 1.97. The third-order valence-electron chi connectivity index (χ3n) is 4.57. The van der Waals surface area contributed by atoms with Crippen LogP contribution in [0.2, 0.25) is 0 Å². The Hall–Kier alpha value is -1.01. The second-order valence-corrected chi connectivity index (χ2v) is 6.93. The van der Waals surface area contributed by atoms with Gasteiger partial charge in [0, 0.05) is 17.9 Å². The van der Waals surface area contributed by atoms with E-state index in [0.29, 0.717) is 17.9 Å². The van der Waals surface area contributed by atoms with Crippen LogP contribution in [0.25, 0.3) is 4.96 Å². The van der Waals surface area contributed by atoms with Crippen LogP contribution in [-0.2, 0) is 0 Å². The fourth-order valence-corrected chi connectivity index (χ4v) is 4.48. The molecule has 102 valence electrons. The van der Waals surface area contributed by atoms with E-state index >= 15 is 0 Å². The summed E-state index contributed by atoms with van der Waals surface area (Å²) in [6.07, 6.45) is 8.47. The maximum absolute atomic E-state index is 6.00. The predicted octanol–water partition coefficient (Wildman–Crippen LogP) is 2.44. The van der Waals surface area contributed by atoms with Gasteiger partial charge in [0.1, 0.15) is 5.01 Å². The molecule has 2 aliphatic carbocycles. The Bertz CT molecular complexity index is 583. The van der Waals surface area contributed by atoms with Gasteiger partial charge in [-0.25, -0.2) is 0 Å². The minimum Gasteiger partial charge on any atom is -0.328 e. The molecule has 2 aromatic rings. The van der Waals surface area contributed by atoms with Crippen molar-refractivity contribution >= 4 is 16.3 Å². The van der Waals surface area contributed by atoms with Crippen LogP contribution in [0.15, 0.2) is 0 Å². The van der Waals surface area contributed by atoms with Crippen LogP contribution in [0.3, 0.4) is 0 Å². The van der Waals surface area contributed by atoms with E-state index in [-0.39, 0.29) is 0 Å². The first-order valence-corrected chi connectivity index (χ1v) is 8.10. The monoisotopic (exact) mass is 277 g/mol. The summed E-state index contributed by atoms with van der Waals surface area (Å²) >= 11 is 1.70. The Morgan fingerprint density at radius 2 is 1.89 bits per heavy atom. The van der Waals surface area contributed by atoms with Gasteiger partial charge < -0.3 is 5.73 Å². The zero-order valence-electron chi connectivity index (χ0n) is 11.0. The van der Waals surface area contributed by atoms with Gasteiger partial charge in [0.15, 0.2) is 5.82 Å². The molecule has 6 heteroatoms. The summed E-state index contributed by atoms with van der Waals surface area (Å²) < 4.78 is 2.00. The predicted molar refractivity (Wildman–Crippen MR) is 74.4 cm³/mol. The molecule has 0 aromatic carbocycles. The lowest BCUT2D eigenvalue weighted by atomic mass is 10.1. The van der Waals surface area contributed by atoms with Crippen molar-refractivity contribution in [1.29, 1.82) is 0 Å². The number of nitrogens with two attached hydrogens (primary N) is 1. The van der Waals surface area contributed by atoms with Crippen LogP contribution in [0.5, 0.6) is 0 Å². The van der Waals surface area contributed by atoms with Gasteiger partial charge in [-0.15, -0.1) is 10.2 Å². The van der Waals surface area contributed by atoms with Crippen LogP contribution in [-0.4, -0.2) is 25.9 Å². The average molecular weight is 277 g/mol. The Labute approximate surface area is 116 Å². The van der Waals surface area contributed by atoms with Gasteiger partial charge in [-0.3, -0.25) is 0 Å². The molecule has 19 heavy (non-hydrogen) atoms. The van der Waals surface area contributed by atoms with E-state index in [1.165, 1.54) is 37.1 Å². The molecular formula is C13H19N5S. The molecule has 2 fully saturated rings. The van der Waals surface area contributed by atoms with Crippen molar-refractivity contribution < 1.29 is 0 Å². The molecule has 2 N–H and O–H groups in total. The number of fused-ring (bicyclic) bond motifs is 1. The molecule has 0 bridgehead atoms. The molecule has 2 heterocycles. The van der Waals surface area contributed by atoms with Crippen LogP contribution < -0.4 is 5.73 Å². The quantitative estimate of drug-likeness (QED) is 0.915. The van der Waals surface area contributed by atoms with E-state index < -0.39 is 0 Å². The largest absolute Gasteiger partial charge is 0.328 e. The van der Waals surface area contributed by atoms with Crippen LogP contribution in [0, 0.1) is 0 Å². The molecule has 0 amide bonds. The molecule has 4 rings (SSSR count). The molecule has 0 aliphatic heterocycles. The molecule has 0 radical (unpaired) electrons. The van der Waals surface area contributed by atoms with E-state index in [1.807, 2.05) is 4.52 Å². The molecule has 2 atom stereocenters. The smallest absolute Gasteiger partial charge is 0.234 e. The third-order valence-corrected chi connectivity index (χ3v) is 5.63. The lowest BCUT2D eigenvalue weighted by molar-refractivity contribution is 0.622. The fourth-order valence-electron chi connectivity index (χ4n) is 3.49. The lowest BCUT2D eigenvalue weighted by Crippen LogP contribution is -2.14. The minimum absolute atomic E-state index is 0.355. The fraction of sp³-hybridized carbons (Fsp3) is 0.769. The number of hydrogen-bond acceptors (Lipinski definition) is 5. The first-order valence-electron chi connectivity index (χ1n) is 7.29. The summed E-state index contributed by atoms with van der Waals surface area (Å²) in [7, 11) is 0. The van der Waals surface area contributed by atoms with Crippen LogP contribution in [0.4, 0.5) is 0 Å². The van der Waals surface area contributed by atoms with Crippen LogP contribution in [0.1, 0.15) is 67.6 Å². The maximum atomic E-state index is 6.00. The summed E-state index contributed by atoms with van der Waals surface area (Å²) in [5.74, 6) is 2.19. The average Bonchev–Trinajstić information content (AvgIpc) is 3.11. The lowest BCUT2D eigenvalue weighted by Gasteiger charge is -2.05. The van der Waals surface area contributed by atoms with Crippen molar-refractivity contribution in [2.24, 2.45) is 5.73 Å². The summed E-state index contributed by atoms with van der Waals surface area (Å²) in [6, 6.07) is 0.355. The van der Waals surface area contributed by atoms with Crippen molar-refractivity contribution in [3.63, 3.8) is 0 Å². The van der Waals surface area contributed by atoms with Gasteiger partial charge in [-0.2, -0.15) is 9.61 Å². The summed E-state index contributed by atoms with van der Waals surface area (Å²) in [5, 5.41) is 14.7. The molecule has 2 unspecified atom stereocenters. The van der Waals surface area contributed by atoms with Crippen molar-refractivity contribution in [3.8, 4) is 0 Å². The molecule has 0 spiro atoms. The zero-order valence-corrected chi connectivity index (χ0v) is 11.8. The van der Waals surface area contributed by atoms with Gasteiger partial charge >= 0.3 is 0 Å². The van der Waals surface area contributed by atoms with E-state index in [2.05, 4.69) is 10.2 Å². The van der Waals surface area contributed by atoms with E-state index in [9.17, 15) is 0 Å². The highest BCUT2D eigenvalue weighted by molar-refractivity contribution is 7.16. The summed E-state index contributed by atoms with van der Waals surface area (Å²) in [4.78, 5) is 0.956. The molecule has 2 saturated carbocycles. The van der Waals surface area contributed by atoms with E-state index in [4.69, 9.17) is 10.8 Å². The Morgan fingerprint density at radius 3 is 2.63 bits per heavy atom. The van der Waals surface area contributed by atoms with Gasteiger partial charge in [-0.05, 0) is 32.1 Å². The zero-order chi connectivity index (χ0) is 12.8. The normalized spacial score (nSPS) is 28.7. The molecule has 2 aliphatic rings. The van der Waals surface area contributed by atoms with Gasteiger partial charge in [0.2, 0.25) is 4.96 Å². The minimum atomic E-state index is 0.355. The van der Waals surface area contributed by atoms with Crippen molar-refractivity contribution in [2.75, 3.05) is 0 Å². The first-order chi connectivity index (χ1) is 9.31. The highest BCUT2D eigenvalue weighted by Gasteiger charge is 2.29. The van der Waals surface area contributed by atoms with E-state index in [1.54, 1.807) is 11.3 Å². The number of nitrogens with zero attached hydrogens (tertiary/aromatic N) is 4. The molecule has 2 aromatic heterocycles. The Morgan fingerprint density at radius 1 is 1.05 bits per heavy atom. The highest BCUT2D eigenvalue weighted by atomic mass is 32.1. The molecular weight excluding hydrogens is 258 g/mol. The first kappa shape index (κ1) is 11.8. The molecule has 0 saturated heterocycles. The number of aromatic nitrogens is 4. The highest BCUT2D eigenvalue weighted by Crippen LogP contribution is 2.37. The summed E-state index contributed by atoms with van der Waals surface area (Å²) in [6.45, 7) is 0. The van der Waals surface area contributed by atoms with Gasteiger partial charge in [0.05, 0.1) is 0 Å². The van der Waals surface area contributed by atoms with E-state index in [0.717, 1.165) is 23.6 Å². The number of rotatable bonds is 2. The SMILES string of the molecule is NC1CCC(c2nn3c(C4CCCC4)nnc3s2)C1. The summed E-state index contributed by atoms with van der Waals surface area (Å²) in [5.41, 5.74) is 6.00. The topological polar surface area (TPSA) is 69.1 Å². The van der Waals surface area contributed by atoms with Crippen molar-refractivity contribution in [3.05, 3.63) is 10.8 Å². The standard InChI is InChI=1S/C13H19N5S/c14-10-6-5-9(7-10)12-17-18-11(8-3-1-2-4-8)15-16-13(18)19-12/h8-10H,1-7,14H2. The molecule has 5 nitrogen and oxygen atoms in total. The second-order valence-electron chi connectivity index (χ2n) is 5.94. The second kappa shape index (κ2) is 4.52. The Balaban J connectivity index is 1.67. The van der Waals surface area contributed by atoms with Crippen LogP contribution >= 0.6 is 11.3 Å².